The van der Waals surface area contributed by atoms with E-state index in [1.807, 2.05) is 0 Å². The van der Waals surface area contributed by atoms with Gasteiger partial charge in [0.1, 0.15) is 0 Å². The van der Waals surface area contributed by atoms with Gasteiger partial charge in [-0.25, -0.2) is 4.79 Å². The van der Waals surface area contributed by atoms with Crippen molar-refractivity contribution in [2.75, 3.05) is 20.8 Å². The van der Waals surface area contributed by atoms with Gasteiger partial charge < -0.3 is 14.8 Å². The summed E-state index contributed by atoms with van der Waals surface area (Å²) in [5.41, 5.74) is 0. The van der Waals surface area contributed by atoms with E-state index in [-0.39, 0.29) is 12.1 Å². The summed E-state index contributed by atoms with van der Waals surface area (Å²) < 4.78 is 9.66. The van der Waals surface area contributed by atoms with Crippen molar-refractivity contribution in [3.8, 4) is 0 Å². The molecule has 1 fully saturated rings. The highest BCUT2D eigenvalue weighted by atomic mass is 16.5. The maximum Gasteiger partial charge on any atom is 0.407 e. The van der Waals surface area contributed by atoms with E-state index in [1.54, 1.807) is 7.11 Å². The molecular weight excluding hydrogens is 182 g/mol. The second-order valence-corrected chi connectivity index (χ2v) is 3.81. The highest BCUT2D eigenvalue weighted by Crippen LogP contribution is 2.24. The number of carbonyl (C=O) groups is 1. The summed E-state index contributed by atoms with van der Waals surface area (Å²) in [6.45, 7) is 0.838. The van der Waals surface area contributed by atoms with Crippen LogP contribution in [-0.4, -0.2) is 33.0 Å². The molecule has 0 aromatic rings. The number of alkyl carbamates (subject to hydrolysis) is 1. The second kappa shape index (κ2) is 5.86. The summed E-state index contributed by atoms with van der Waals surface area (Å²) in [6.07, 6.45) is 4.00. The van der Waals surface area contributed by atoms with Crippen LogP contribution in [0.2, 0.25) is 0 Å². The standard InChI is InChI=1S/C10H19NO3/c1-13-7-8-3-5-9(6-4-8)11-10(12)14-2/h8-9H,3-7H2,1-2H3,(H,11,12). The Bertz CT molecular complexity index is 176. The Morgan fingerprint density at radius 1 is 1.29 bits per heavy atom. The fraction of sp³-hybridized carbons (Fsp3) is 0.900. The molecule has 14 heavy (non-hydrogen) atoms. The molecule has 1 saturated carbocycles. The van der Waals surface area contributed by atoms with Gasteiger partial charge in [0.25, 0.3) is 0 Å². The minimum absolute atomic E-state index is 0.288. The quantitative estimate of drug-likeness (QED) is 0.753. The van der Waals surface area contributed by atoms with Gasteiger partial charge in [0.15, 0.2) is 0 Å². The number of ether oxygens (including phenoxy) is 2. The number of methoxy groups -OCH3 is 2. The summed E-state index contributed by atoms with van der Waals surface area (Å²) in [6, 6.07) is 0.288. The van der Waals surface area contributed by atoms with E-state index in [0.717, 1.165) is 32.3 Å². The van der Waals surface area contributed by atoms with Crippen LogP contribution >= 0.6 is 0 Å². The maximum absolute atomic E-state index is 10.9. The largest absolute Gasteiger partial charge is 0.453 e. The number of hydrogen-bond acceptors (Lipinski definition) is 3. The third-order valence-corrected chi connectivity index (χ3v) is 2.76. The lowest BCUT2D eigenvalue weighted by molar-refractivity contribution is 0.120. The molecular formula is C10H19NO3. The van der Waals surface area contributed by atoms with Crippen LogP contribution < -0.4 is 5.32 Å². The fourth-order valence-electron chi connectivity index (χ4n) is 1.93. The molecule has 0 radical (unpaired) electrons. The van der Waals surface area contributed by atoms with E-state index >= 15 is 0 Å². The van der Waals surface area contributed by atoms with Gasteiger partial charge in [-0.3, -0.25) is 0 Å². The summed E-state index contributed by atoms with van der Waals surface area (Å²) in [7, 11) is 3.13. The molecule has 4 heteroatoms. The molecule has 1 amide bonds. The number of amides is 1. The Labute approximate surface area is 85.0 Å². The molecule has 0 atom stereocenters. The van der Waals surface area contributed by atoms with Gasteiger partial charge in [0.2, 0.25) is 0 Å². The molecule has 82 valence electrons. The fourth-order valence-corrected chi connectivity index (χ4v) is 1.93. The Balaban J connectivity index is 2.18. The number of hydrogen-bond donors (Lipinski definition) is 1. The normalized spacial score (nSPS) is 27.0. The predicted molar refractivity (Wildman–Crippen MR) is 53.2 cm³/mol. The lowest BCUT2D eigenvalue weighted by Crippen LogP contribution is -2.38. The van der Waals surface area contributed by atoms with Crippen molar-refractivity contribution in [3.05, 3.63) is 0 Å². The predicted octanol–water partition coefficient (Wildman–Crippen LogP) is 1.55. The van der Waals surface area contributed by atoms with Crippen LogP contribution in [0.1, 0.15) is 25.7 Å². The highest BCUT2D eigenvalue weighted by Gasteiger charge is 2.22. The third kappa shape index (κ3) is 3.54. The van der Waals surface area contributed by atoms with Gasteiger partial charge in [-0.2, -0.15) is 0 Å². The zero-order valence-electron chi connectivity index (χ0n) is 8.91. The van der Waals surface area contributed by atoms with E-state index in [0.29, 0.717) is 5.92 Å². The lowest BCUT2D eigenvalue weighted by Gasteiger charge is -2.28. The summed E-state index contributed by atoms with van der Waals surface area (Å²) in [5, 5.41) is 2.83. The van der Waals surface area contributed by atoms with Gasteiger partial charge >= 0.3 is 6.09 Å². The average Bonchev–Trinajstić information content (AvgIpc) is 2.21. The molecule has 0 unspecified atom stereocenters. The molecule has 1 aliphatic carbocycles. The van der Waals surface area contributed by atoms with Gasteiger partial charge in [0, 0.05) is 19.8 Å². The van der Waals surface area contributed by atoms with Crippen molar-refractivity contribution in [1.82, 2.24) is 5.32 Å². The Morgan fingerprint density at radius 2 is 1.93 bits per heavy atom. The SMILES string of the molecule is COCC1CCC(NC(=O)OC)CC1. The first-order valence-corrected chi connectivity index (χ1v) is 5.09. The molecule has 0 aromatic heterocycles. The summed E-state index contributed by atoms with van der Waals surface area (Å²) >= 11 is 0. The van der Waals surface area contributed by atoms with Crippen molar-refractivity contribution in [1.29, 1.82) is 0 Å². The van der Waals surface area contributed by atoms with E-state index in [4.69, 9.17) is 4.74 Å². The molecule has 0 aliphatic heterocycles. The molecule has 0 heterocycles. The molecule has 0 bridgehead atoms. The molecule has 1 aliphatic rings. The molecule has 0 aromatic carbocycles. The zero-order chi connectivity index (χ0) is 10.4. The maximum atomic E-state index is 10.9. The van der Waals surface area contributed by atoms with Gasteiger partial charge in [0.05, 0.1) is 7.11 Å². The highest BCUT2D eigenvalue weighted by molar-refractivity contribution is 5.67. The van der Waals surface area contributed by atoms with Gasteiger partial charge in [-0.1, -0.05) is 0 Å². The summed E-state index contributed by atoms with van der Waals surface area (Å²) in [4.78, 5) is 10.9. The minimum Gasteiger partial charge on any atom is -0.453 e. The lowest BCUT2D eigenvalue weighted by atomic mass is 9.86. The number of rotatable bonds is 3. The zero-order valence-corrected chi connectivity index (χ0v) is 8.91. The molecule has 1 N–H and O–H groups in total. The molecule has 4 nitrogen and oxygen atoms in total. The second-order valence-electron chi connectivity index (χ2n) is 3.81. The molecule has 0 spiro atoms. The van der Waals surface area contributed by atoms with Crippen LogP contribution in [0.4, 0.5) is 4.79 Å². The Morgan fingerprint density at radius 3 is 2.43 bits per heavy atom. The topological polar surface area (TPSA) is 47.6 Å². The van der Waals surface area contributed by atoms with Crippen molar-refractivity contribution >= 4 is 6.09 Å². The van der Waals surface area contributed by atoms with Crippen LogP contribution in [0, 0.1) is 5.92 Å². The van der Waals surface area contributed by atoms with Crippen LogP contribution in [0.25, 0.3) is 0 Å². The van der Waals surface area contributed by atoms with Gasteiger partial charge in [-0.15, -0.1) is 0 Å². The van der Waals surface area contributed by atoms with E-state index in [1.165, 1.54) is 7.11 Å². The Kier molecular flexibility index (Phi) is 4.73. The van der Waals surface area contributed by atoms with Gasteiger partial charge in [-0.05, 0) is 31.6 Å². The molecule has 0 saturated heterocycles. The first kappa shape index (κ1) is 11.3. The average molecular weight is 201 g/mol. The number of nitrogens with one attached hydrogen (secondary N) is 1. The van der Waals surface area contributed by atoms with Crippen LogP contribution in [0.3, 0.4) is 0 Å². The van der Waals surface area contributed by atoms with Crippen LogP contribution in [0.15, 0.2) is 0 Å². The van der Waals surface area contributed by atoms with E-state index in [2.05, 4.69) is 10.1 Å². The number of carbonyl (C=O) groups excluding carboxylic acids is 1. The van der Waals surface area contributed by atoms with E-state index < -0.39 is 0 Å². The monoisotopic (exact) mass is 201 g/mol. The van der Waals surface area contributed by atoms with Crippen molar-refractivity contribution < 1.29 is 14.3 Å². The van der Waals surface area contributed by atoms with Crippen LogP contribution in [0.5, 0.6) is 0 Å². The van der Waals surface area contributed by atoms with Crippen molar-refractivity contribution in [2.24, 2.45) is 5.92 Å². The van der Waals surface area contributed by atoms with Crippen molar-refractivity contribution in [2.45, 2.75) is 31.7 Å². The molecule has 1 rings (SSSR count). The summed E-state index contributed by atoms with van der Waals surface area (Å²) in [5.74, 6) is 0.663. The first-order valence-electron chi connectivity index (χ1n) is 5.09. The Hall–Kier alpha value is -0.770. The van der Waals surface area contributed by atoms with Crippen molar-refractivity contribution in [3.63, 3.8) is 0 Å². The van der Waals surface area contributed by atoms with Crippen LogP contribution in [-0.2, 0) is 9.47 Å². The van der Waals surface area contributed by atoms with E-state index in [9.17, 15) is 4.79 Å². The third-order valence-electron chi connectivity index (χ3n) is 2.76. The smallest absolute Gasteiger partial charge is 0.407 e. The first-order chi connectivity index (χ1) is 6.76. The minimum atomic E-state index is -0.319.